The third kappa shape index (κ3) is 4.14. The second-order valence-electron chi connectivity index (χ2n) is 10.7. The number of likely N-dealkylation sites (tertiary alicyclic amines) is 1. The Labute approximate surface area is 243 Å². The molecule has 2 saturated heterocycles. The number of hydrogen-bond acceptors (Lipinski definition) is 7. The molecule has 0 aliphatic carbocycles. The van der Waals surface area contributed by atoms with Crippen molar-refractivity contribution in [2.75, 3.05) is 25.0 Å². The number of carbonyl (C=O) groups is 3. The molecule has 0 radical (unpaired) electrons. The van der Waals surface area contributed by atoms with Gasteiger partial charge in [-0.1, -0.05) is 37.1 Å². The maximum Gasteiger partial charge on any atom is 0.296 e. The van der Waals surface area contributed by atoms with Crippen LogP contribution in [0.15, 0.2) is 83.5 Å². The molecular weight excluding hydrogens is 556 g/mol. The van der Waals surface area contributed by atoms with E-state index in [0.29, 0.717) is 29.9 Å². The van der Waals surface area contributed by atoms with Crippen molar-refractivity contribution < 1.29 is 27.9 Å². The molecule has 2 amide bonds. The molecule has 1 N–H and O–H groups in total. The summed E-state index contributed by atoms with van der Waals surface area (Å²) in [5.41, 5.74) is -0.671. The molecule has 2 aromatic carbocycles. The molecule has 1 atom stereocenters. The Bertz CT molecular complexity index is 1710. The number of hydrogen-bond donors (Lipinski definition) is 1. The van der Waals surface area contributed by atoms with Gasteiger partial charge in [-0.2, -0.15) is 4.31 Å². The number of likely N-dealkylation sites (N-methyl/N-ethyl adjacent to an activating group) is 1. The molecule has 42 heavy (non-hydrogen) atoms. The van der Waals surface area contributed by atoms with E-state index in [2.05, 4.69) is 4.98 Å². The Balaban J connectivity index is 1.49. The number of benzene rings is 2. The van der Waals surface area contributed by atoms with Crippen LogP contribution in [-0.2, 0) is 36.5 Å². The molecule has 1 aromatic heterocycles. The molecule has 11 heteroatoms. The number of Topliss-reactive ketones (excluding diaryl/α,β-unsaturated/α-hetero) is 1. The molecule has 216 valence electrons. The fourth-order valence-corrected chi connectivity index (χ4v) is 7.74. The van der Waals surface area contributed by atoms with Gasteiger partial charge in [0.05, 0.1) is 10.5 Å². The van der Waals surface area contributed by atoms with Crippen molar-refractivity contribution in [3.8, 4) is 0 Å². The van der Waals surface area contributed by atoms with Crippen molar-refractivity contribution in [3.05, 3.63) is 95.3 Å². The SMILES string of the molecule is CN1C(=O)C2(/C(=C(/O)c3ccc(S(=O)(=O)N4CCCCCC4)cc3)C(=O)C(=O)N2Cc2cccnc2)c2ccccc21. The minimum Gasteiger partial charge on any atom is -0.507 e. The van der Waals surface area contributed by atoms with Gasteiger partial charge < -0.3 is 14.9 Å². The summed E-state index contributed by atoms with van der Waals surface area (Å²) in [7, 11) is -2.19. The molecule has 1 spiro atoms. The molecule has 3 aliphatic heterocycles. The van der Waals surface area contributed by atoms with Gasteiger partial charge in [-0.15, -0.1) is 0 Å². The maximum absolute atomic E-state index is 14.1. The van der Waals surface area contributed by atoms with Crippen molar-refractivity contribution in [1.29, 1.82) is 0 Å². The highest BCUT2D eigenvalue weighted by molar-refractivity contribution is 7.89. The van der Waals surface area contributed by atoms with Crippen LogP contribution in [-0.4, -0.2) is 65.4 Å². The first kappa shape index (κ1) is 27.8. The van der Waals surface area contributed by atoms with Crippen molar-refractivity contribution in [2.45, 2.75) is 42.7 Å². The van der Waals surface area contributed by atoms with Crippen LogP contribution in [0.25, 0.3) is 5.76 Å². The first-order valence-electron chi connectivity index (χ1n) is 13.9. The van der Waals surface area contributed by atoms with Gasteiger partial charge in [-0.05, 0) is 54.8 Å². The highest BCUT2D eigenvalue weighted by Crippen LogP contribution is 2.53. The van der Waals surface area contributed by atoms with Gasteiger partial charge in [0, 0.05) is 55.9 Å². The minimum atomic E-state index is -3.75. The average molecular weight is 587 g/mol. The van der Waals surface area contributed by atoms with Crippen LogP contribution in [0.5, 0.6) is 0 Å². The molecule has 4 heterocycles. The highest BCUT2D eigenvalue weighted by atomic mass is 32.2. The van der Waals surface area contributed by atoms with E-state index in [1.165, 1.54) is 38.4 Å². The second kappa shape index (κ2) is 10.5. The first-order valence-corrected chi connectivity index (χ1v) is 15.3. The van der Waals surface area contributed by atoms with E-state index in [1.54, 1.807) is 55.8 Å². The molecule has 6 rings (SSSR count). The van der Waals surface area contributed by atoms with Crippen LogP contribution >= 0.6 is 0 Å². The number of aliphatic hydroxyl groups is 1. The Kier molecular flexibility index (Phi) is 6.94. The summed E-state index contributed by atoms with van der Waals surface area (Å²) in [6.45, 7) is 0.788. The number of para-hydroxylation sites is 1. The molecule has 1 unspecified atom stereocenters. The fraction of sp³-hybridized carbons (Fsp3) is 0.290. The standard InChI is InChI=1S/C31H30N4O6S/c1-33-25-11-5-4-10-24(25)31(30(33)39)26(28(37)29(38)35(31)20-21-9-8-16-32-19-21)27(36)22-12-14-23(15-13-22)42(40,41)34-17-6-2-3-7-18-34/h4-5,8-16,19,36H,2-3,6-7,17-18,20H2,1H3/b27-26+. The molecule has 3 aromatic rings. The molecule has 3 aliphatic rings. The van der Waals surface area contributed by atoms with E-state index < -0.39 is 38.9 Å². The summed E-state index contributed by atoms with van der Waals surface area (Å²) in [4.78, 5) is 48.2. The number of aromatic nitrogens is 1. The Morgan fingerprint density at radius 2 is 1.62 bits per heavy atom. The largest absolute Gasteiger partial charge is 0.507 e. The van der Waals surface area contributed by atoms with E-state index in [0.717, 1.165) is 25.7 Å². The highest BCUT2D eigenvalue weighted by Gasteiger charge is 2.66. The van der Waals surface area contributed by atoms with Gasteiger partial charge >= 0.3 is 0 Å². The second-order valence-corrected chi connectivity index (χ2v) is 12.7. The number of sulfonamides is 1. The van der Waals surface area contributed by atoms with E-state index >= 15 is 0 Å². The first-order chi connectivity index (χ1) is 20.2. The van der Waals surface area contributed by atoms with Gasteiger partial charge in [0.15, 0.2) is 5.54 Å². The number of anilines is 1. The summed E-state index contributed by atoms with van der Waals surface area (Å²) >= 11 is 0. The van der Waals surface area contributed by atoms with Crippen molar-refractivity contribution >= 4 is 39.1 Å². The summed E-state index contributed by atoms with van der Waals surface area (Å²) in [6.07, 6.45) is 6.68. The monoisotopic (exact) mass is 586 g/mol. The molecule has 10 nitrogen and oxygen atoms in total. The zero-order chi connectivity index (χ0) is 29.6. The van der Waals surface area contributed by atoms with E-state index in [-0.39, 0.29) is 22.6 Å². The molecule has 0 saturated carbocycles. The molecule has 2 fully saturated rings. The summed E-state index contributed by atoms with van der Waals surface area (Å²) in [5, 5.41) is 11.7. The van der Waals surface area contributed by atoms with Crippen LogP contribution < -0.4 is 4.90 Å². The number of ketones is 1. The smallest absolute Gasteiger partial charge is 0.296 e. The van der Waals surface area contributed by atoms with E-state index in [9.17, 15) is 27.9 Å². The van der Waals surface area contributed by atoms with Crippen molar-refractivity contribution in [3.63, 3.8) is 0 Å². The van der Waals surface area contributed by atoms with Gasteiger partial charge in [0.25, 0.3) is 17.6 Å². The maximum atomic E-state index is 14.1. The minimum absolute atomic E-state index is 0.0645. The van der Waals surface area contributed by atoms with E-state index in [4.69, 9.17) is 0 Å². The van der Waals surface area contributed by atoms with Crippen LogP contribution in [0.2, 0.25) is 0 Å². The number of aliphatic hydroxyl groups excluding tert-OH is 1. The topological polar surface area (TPSA) is 128 Å². The van der Waals surface area contributed by atoms with Crippen LogP contribution in [0.3, 0.4) is 0 Å². The Morgan fingerprint density at radius 1 is 0.929 bits per heavy atom. The van der Waals surface area contributed by atoms with Crippen LogP contribution in [0.1, 0.15) is 42.4 Å². The summed E-state index contributed by atoms with van der Waals surface area (Å²) in [6, 6.07) is 15.8. The lowest BCUT2D eigenvalue weighted by Crippen LogP contribution is -2.50. The Morgan fingerprint density at radius 3 is 2.29 bits per heavy atom. The number of carbonyl (C=O) groups excluding carboxylic acids is 3. The normalized spacial score (nSPS) is 22.5. The number of pyridine rings is 1. The quantitative estimate of drug-likeness (QED) is 0.276. The zero-order valence-corrected chi connectivity index (χ0v) is 23.9. The number of nitrogens with zero attached hydrogens (tertiary/aromatic N) is 4. The summed E-state index contributed by atoms with van der Waals surface area (Å²) < 4.78 is 28.1. The summed E-state index contributed by atoms with van der Waals surface area (Å²) in [5.74, 6) is -3.05. The number of amides is 2. The predicted molar refractivity (Wildman–Crippen MR) is 155 cm³/mol. The van der Waals surface area contributed by atoms with Crippen LogP contribution in [0.4, 0.5) is 5.69 Å². The van der Waals surface area contributed by atoms with Gasteiger partial charge in [-0.25, -0.2) is 8.42 Å². The van der Waals surface area contributed by atoms with Gasteiger partial charge in [0.2, 0.25) is 10.0 Å². The third-order valence-electron chi connectivity index (χ3n) is 8.33. The third-order valence-corrected chi connectivity index (χ3v) is 10.2. The zero-order valence-electron chi connectivity index (χ0n) is 23.1. The lowest BCUT2D eigenvalue weighted by molar-refractivity contribution is -0.144. The average Bonchev–Trinajstić information content (AvgIpc) is 3.22. The van der Waals surface area contributed by atoms with Gasteiger partial charge in [0.1, 0.15) is 5.76 Å². The van der Waals surface area contributed by atoms with Crippen LogP contribution in [0, 0.1) is 0 Å². The Hall–Kier alpha value is -4.35. The lowest BCUT2D eigenvalue weighted by atomic mass is 9.81. The molecular formula is C31H30N4O6S. The predicted octanol–water partition coefficient (Wildman–Crippen LogP) is 3.40. The number of rotatable bonds is 5. The number of fused-ring (bicyclic) bond motifs is 2. The van der Waals surface area contributed by atoms with Crippen molar-refractivity contribution in [2.24, 2.45) is 0 Å². The van der Waals surface area contributed by atoms with Gasteiger partial charge in [-0.3, -0.25) is 19.4 Å². The van der Waals surface area contributed by atoms with Crippen molar-refractivity contribution in [1.82, 2.24) is 14.2 Å². The van der Waals surface area contributed by atoms with E-state index in [1.807, 2.05) is 0 Å². The molecule has 0 bridgehead atoms. The fourth-order valence-electron chi connectivity index (χ4n) is 6.23. The lowest BCUT2D eigenvalue weighted by Gasteiger charge is -2.34.